The van der Waals surface area contributed by atoms with Crippen LogP contribution >= 0.6 is 0 Å². The number of fused-ring (bicyclic) bond motifs is 2. The maximum absolute atomic E-state index is 13.5. The second-order valence-corrected chi connectivity index (χ2v) is 12.3. The Morgan fingerprint density at radius 3 is 2.60 bits per heavy atom. The molecule has 10 nitrogen and oxygen atoms in total. The number of pyridine rings is 1. The van der Waals surface area contributed by atoms with Crippen molar-refractivity contribution in [3.05, 3.63) is 76.6 Å². The Balaban J connectivity index is 1.44. The molecule has 1 fully saturated rings. The van der Waals surface area contributed by atoms with E-state index in [0.717, 1.165) is 45.3 Å². The highest BCUT2D eigenvalue weighted by Gasteiger charge is 2.36. The third-order valence-corrected chi connectivity index (χ3v) is 8.14. The molecule has 0 spiro atoms. The van der Waals surface area contributed by atoms with Crippen LogP contribution in [0.25, 0.3) is 22.2 Å². The lowest BCUT2D eigenvalue weighted by molar-refractivity contribution is -0.0334. The smallest absolute Gasteiger partial charge is 0.410 e. The van der Waals surface area contributed by atoms with Gasteiger partial charge in [0.2, 0.25) is 0 Å². The molecule has 2 aliphatic rings. The van der Waals surface area contributed by atoms with Crippen molar-refractivity contribution in [2.75, 3.05) is 26.3 Å². The van der Waals surface area contributed by atoms with Crippen LogP contribution < -0.4 is 0 Å². The summed E-state index contributed by atoms with van der Waals surface area (Å²) in [6.45, 7) is 11.7. The number of aromatic amines is 1. The molecule has 4 aromatic rings. The van der Waals surface area contributed by atoms with Gasteiger partial charge in [-0.2, -0.15) is 0 Å². The van der Waals surface area contributed by atoms with Crippen molar-refractivity contribution in [1.29, 1.82) is 0 Å². The van der Waals surface area contributed by atoms with Crippen molar-refractivity contribution in [3.63, 3.8) is 0 Å². The Labute approximate surface area is 251 Å². The van der Waals surface area contributed by atoms with E-state index in [1.54, 1.807) is 24.2 Å². The molecule has 2 aliphatic heterocycles. The average molecular weight is 583 g/mol. The molecule has 6 rings (SSSR count). The fourth-order valence-electron chi connectivity index (χ4n) is 5.93. The van der Waals surface area contributed by atoms with Gasteiger partial charge in [0, 0.05) is 55.4 Å². The normalized spacial score (nSPS) is 17.2. The monoisotopic (exact) mass is 582 g/mol. The second-order valence-electron chi connectivity index (χ2n) is 12.3. The number of amides is 2. The third-order valence-electron chi connectivity index (χ3n) is 8.14. The van der Waals surface area contributed by atoms with Crippen LogP contribution in [0, 0.1) is 6.92 Å². The van der Waals surface area contributed by atoms with Crippen molar-refractivity contribution < 1.29 is 19.1 Å². The van der Waals surface area contributed by atoms with Gasteiger partial charge in [-0.15, -0.1) is 0 Å². The van der Waals surface area contributed by atoms with E-state index in [9.17, 15) is 9.59 Å². The molecule has 1 atom stereocenters. The molecule has 5 heterocycles. The van der Waals surface area contributed by atoms with Gasteiger partial charge in [-0.25, -0.2) is 19.7 Å². The quantitative estimate of drug-likeness (QED) is 0.343. The number of hydrogen-bond acceptors (Lipinski definition) is 7. The Morgan fingerprint density at radius 1 is 1.07 bits per heavy atom. The van der Waals surface area contributed by atoms with E-state index in [2.05, 4.69) is 40.1 Å². The second kappa shape index (κ2) is 11.4. The Kier molecular flexibility index (Phi) is 7.64. The molecule has 1 N–H and O–H groups in total. The fourth-order valence-corrected chi connectivity index (χ4v) is 5.93. The van der Waals surface area contributed by atoms with E-state index < -0.39 is 5.60 Å². The number of benzene rings is 1. The number of nitrogens with zero attached hydrogens (tertiary/aromatic N) is 5. The minimum absolute atomic E-state index is 0.112. The highest BCUT2D eigenvalue weighted by Crippen LogP contribution is 2.37. The predicted octanol–water partition coefficient (Wildman–Crippen LogP) is 5.40. The van der Waals surface area contributed by atoms with Crippen molar-refractivity contribution in [3.8, 4) is 11.1 Å². The van der Waals surface area contributed by atoms with Gasteiger partial charge in [-0.1, -0.05) is 13.0 Å². The number of carbonyl (C=O) groups excluding carboxylic acids is 2. The highest BCUT2D eigenvalue weighted by atomic mass is 16.6. The van der Waals surface area contributed by atoms with E-state index in [1.165, 1.54) is 5.56 Å². The molecule has 0 unspecified atom stereocenters. The molecular formula is C33H38N6O4. The van der Waals surface area contributed by atoms with Gasteiger partial charge in [0.1, 0.15) is 17.1 Å². The number of carbonyl (C=O) groups is 2. The molecule has 2 amide bonds. The summed E-state index contributed by atoms with van der Waals surface area (Å²) < 4.78 is 11.8. The van der Waals surface area contributed by atoms with E-state index in [4.69, 9.17) is 14.5 Å². The summed E-state index contributed by atoms with van der Waals surface area (Å²) in [5.74, 6) is 0.507. The average Bonchev–Trinajstić information content (AvgIpc) is 3.42. The minimum atomic E-state index is -0.630. The Morgan fingerprint density at radius 2 is 1.86 bits per heavy atom. The topological polar surface area (TPSA) is 114 Å². The van der Waals surface area contributed by atoms with Gasteiger partial charge in [0.15, 0.2) is 0 Å². The summed E-state index contributed by atoms with van der Waals surface area (Å²) in [4.78, 5) is 47.0. The molecule has 224 valence electrons. The molecule has 43 heavy (non-hydrogen) atoms. The van der Waals surface area contributed by atoms with Crippen molar-refractivity contribution in [1.82, 2.24) is 29.7 Å². The van der Waals surface area contributed by atoms with Crippen molar-refractivity contribution in [2.24, 2.45) is 0 Å². The summed E-state index contributed by atoms with van der Waals surface area (Å²) in [5, 5.41) is 1.10. The number of hydrogen-bond donors (Lipinski definition) is 1. The lowest BCUT2D eigenvalue weighted by Gasteiger charge is -2.39. The van der Waals surface area contributed by atoms with Crippen LogP contribution in [0.1, 0.15) is 72.2 Å². The maximum Gasteiger partial charge on any atom is 0.410 e. The van der Waals surface area contributed by atoms with E-state index in [0.29, 0.717) is 50.7 Å². The predicted molar refractivity (Wildman–Crippen MR) is 163 cm³/mol. The third kappa shape index (κ3) is 5.84. The molecule has 0 radical (unpaired) electrons. The van der Waals surface area contributed by atoms with Gasteiger partial charge >= 0.3 is 6.09 Å². The van der Waals surface area contributed by atoms with Crippen LogP contribution in [0.3, 0.4) is 0 Å². The number of morpholine rings is 1. The van der Waals surface area contributed by atoms with Crippen LogP contribution in [0.4, 0.5) is 4.79 Å². The van der Waals surface area contributed by atoms with E-state index in [-0.39, 0.29) is 18.0 Å². The fraction of sp³-hybridized carbons (Fsp3) is 0.424. The first kappa shape index (κ1) is 28.8. The largest absolute Gasteiger partial charge is 0.444 e. The van der Waals surface area contributed by atoms with Crippen LogP contribution in [0.5, 0.6) is 0 Å². The van der Waals surface area contributed by atoms with Gasteiger partial charge < -0.3 is 19.4 Å². The van der Waals surface area contributed by atoms with E-state index in [1.807, 2.05) is 38.1 Å². The summed E-state index contributed by atoms with van der Waals surface area (Å²) in [7, 11) is 0. The van der Waals surface area contributed by atoms with Crippen LogP contribution in [0.2, 0.25) is 0 Å². The first-order valence-corrected chi connectivity index (χ1v) is 14.9. The number of nitrogens with one attached hydrogen (secondary N) is 1. The van der Waals surface area contributed by atoms with Gasteiger partial charge in [0.25, 0.3) is 5.91 Å². The van der Waals surface area contributed by atoms with Crippen molar-refractivity contribution >= 4 is 23.0 Å². The number of ether oxygens (including phenoxy) is 2. The SMILES string of the molecule is CCc1c[nH]c2ncc(-c3cc4c(c([C@@H]5COCCN5C(=O)OC(C)(C)C)c3)CN(C(=O)c3cnc(C)nc3)CC4)cc12. The number of aryl methyl sites for hydroxylation is 2. The lowest BCUT2D eigenvalue weighted by Crippen LogP contribution is -2.46. The number of aromatic nitrogens is 4. The minimum Gasteiger partial charge on any atom is -0.444 e. The summed E-state index contributed by atoms with van der Waals surface area (Å²) in [6, 6.07) is 6.16. The number of H-pyrrole nitrogens is 1. The molecule has 3 aromatic heterocycles. The lowest BCUT2D eigenvalue weighted by atomic mass is 9.86. The first-order chi connectivity index (χ1) is 20.6. The highest BCUT2D eigenvalue weighted by molar-refractivity contribution is 5.94. The zero-order valence-electron chi connectivity index (χ0n) is 25.4. The number of rotatable bonds is 4. The first-order valence-electron chi connectivity index (χ1n) is 14.9. The van der Waals surface area contributed by atoms with Crippen LogP contribution in [-0.4, -0.2) is 73.6 Å². The molecule has 0 bridgehead atoms. The van der Waals surface area contributed by atoms with E-state index >= 15 is 0 Å². The summed E-state index contributed by atoms with van der Waals surface area (Å²) >= 11 is 0. The molecule has 0 aliphatic carbocycles. The molecule has 1 saturated heterocycles. The van der Waals surface area contributed by atoms with Crippen molar-refractivity contribution in [2.45, 2.75) is 65.6 Å². The molecule has 0 saturated carbocycles. The molecule has 10 heteroatoms. The summed E-state index contributed by atoms with van der Waals surface area (Å²) in [6.07, 6.45) is 8.28. The standard InChI is InChI=1S/C33H38N6O4/c1-6-21-14-36-30-26(21)13-24(15-37-30)23-11-22-7-8-38(31(40)25-16-34-20(2)35-17-25)18-28(22)27(12-23)29-19-42-10-9-39(29)32(41)43-33(3,4)5/h11-17,29H,6-10,18-19H2,1-5H3,(H,36,37)/t29-/m0/s1. The molecular weight excluding hydrogens is 544 g/mol. The molecule has 1 aromatic carbocycles. The maximum atomic E-state index is 13.5. The van der Waals surface area contributed by atoms with Crippen LogP contribution in [-0.2, 0) is 28.9 Å². The Hall–Kier alpha value is -4.31. The van der Waals surface area contributed by atoms with Gasteiger partial charge in [0.05, 0.1) is 24.8 Å². The Bertz CT molecular complexity index is 1670. The zero-order valence-corrected chi connectivity index (χ0v) is 25.4. The summed E-state index contributed by atoms with van der Waals surface area (Å²) in [5.41, 5.74) is 7.08. The zero-order chi connectivity index (χ0) is 30.3. The van der Waals surface area contributed by atoms with Crippen LogP contribution in [0.15, 0.2) is 43.0 Å². The van der Waals surface area contributed by atoms with Gasteiger partial charge in [-0.3, -0.25) is 9.69 Å². The van der Waals surface area contributed by atoms with Gasteiger partial charge in [-0.05, 0) is 80.5 Å².